The van der Waals surface area contributed by atoms with Crippen molar-refractivity contribution >= 4 is 23.4 Å². The number of benzene rings is 1. The molecule has 118 valence electrons. The number of nitrogens with one attached hydrogen (secondary N) is 2. The van der Waals surface area contributed by atoms with Crippen molar-refractivity contribution in [1.29, 1.82) is 0 Å². The van der Waals surface area contributed by atoms with Gasteiger partial charge < -0.3 is 15.5 Å². The van der Waals surface area contributed by atoms with Gasteiger partial charge in [-0.1, -0.05) is 29.8 Å². The van der Waals surface area contributed by atoms with Crippen LogP contribution in [-0.4, -0.2) is 42.1 Å². The first-order valence-electron chi connectivity index (χ1n) is 7.26. The summed E-state index contributed by atoms with van der Waals surface area (Å²) in [5.74, 6) is 1.43. The highest BCUT2D eigenvalue weighted by molar-refractivity contribution is 6.31. The van der Waals surface area contributed by atoms with Crippen LogP contribution in [-0.2, 0) is 6.54 Å². The van der Waals surface area contributed by atoms with Gasteiger partial charge in [-0.25, -0.2) is 4.98 Å². The van der Waals surface area contributed by atoms with Gasteiger partial charge in [-0.2, -0.15) is 4.98 Å². The van der Waals surface area contributed by atoms with Gasteiger partial charge in [0.25, 0.3) is 0 Å². The molecule has 0 aliphatic rings. The Kier molecular flexibility index (Phi) is 5.98. The normalized spacial score (nSPS) is 10.8. The highest BCUT2D eigenvalue weighted by Gasteiger charge is 2.04. The van der Waals surface area contributed by atoms with Gasteiger partial charge in [0.2, 0.25) is 5.95 Å². The molecule has 2 aromatic rings. The van der Waals surface area contributed by atoms with Crippen LogP contribution in [0.1, 0.15) is 11.3 Å². The summed E-state index contributed by atoms with van der Waals surface area (Å²) in [5, 5.41) is 7.29. The summed E-state index contributed by atoms with van der Waals surface area (Å²) in [6.07, 6.45) is 0. The maximum Gasteiger partial charge on any atom is 0.224 e. The first-order chi connectivity index (χ1) is 10.5. The average molecular weight is 320 g/mol. The molecule has 0 radical (unpaired) electrons. The molecule has 1 aromatic heterocycles. The number of aryl methyl sites for hydroxylation is 1. The van der Waals surface area contributed by atoms with Crippen LogP contribution in [0.15, 0.2) is 30.3 Å². The van der Waals surface area contributed by atoms with E-state index in [4.69, 9.17) is 11.6 Å². The Hall–Kier alpha value is -1.85. The van der Waals surface area contributed by atoms with E-state index in [-0.39, 0.29) is 0 Å². The first kappa shape index (κ1) is 16.5. The molecule has 0 atom stereocenters. The Morgan fingerprint density at radius 2 is 1.91 bits per heavy atom. The molecule has 0 bridgehead atoms. The largest absolute Gasteiger partial charge is 0.366 e. The average Bonchev–Trinajstić information content (AvgIpc) is 2.45. The van der Waals surface area contributed by atoms with Gasteiger partial charge in [0.15, 0.2) is 0 Å². The Morgan fingerprint density at radius 1 is 1.14 bits per heavy atom. The number of halogens is 1. The van der Waals surface area contributed by atoms with Crippen molar-refractivity contribution in [2.75, 3.05) is 37.8 Å². The smallest absolute Gasteiger partial charge is 0.224 e. The summed E-state index contributed by atoms with van der Waals surface area (Å²) >= 11 is 6.16. The van der Waals surface area contributed by atoms with E-state index in [1.807, 2.05) is 51.4 Å². The number of anilines is 2. The molecule has 0 saturated heterocycles. The van der Waals surface area contributed by atoms with Gasteiger partial charge in [0, 0.05) is 36.4 Å². The lowest BCUT2D eigenvalue weighted by Crippen LogP contribution is -2.21. The van der Waals surface area contributed by atoms with Gasteiger partial charge in [0.1, 0.15) is 5.82 Å². The van der Waals surface area contributed by atoms with Crippen LogP contribution >= 0.6 is 11.6 Å². The third-order valence-electron chi connectivity index (χ3n) is 3.11. The molecule has 0 amide bonds. The second-order valence-corrected chi connectivity index (χ2v) is 5.80. The van der Waals surface area contributed by atoms with Gasteiger partial charge >= 0.3 is 0 Å². The SMILES string of the molecule is Cc1cc(NCc2ccccc2Cl)nc(NCCN(C)C)n1. The first-order valence-corrected chi connectivity index (χ1v) is 7.64. The summed E-state index contributed by atoms with van der Waals surface area (Å²) in [7, 11) is 4.07. The zero-order chi connectivity index (χ0) is 15.9. The molecule has 0 saturated carbocycles. The fourth-order valence-electron chi connectivity index (χ4n) is 1.96. The van der Waals surface area contributed by atoms with Crippen molar-refractivity contribution in [3.05, 3.63) is 46.6 Å². The molecule has 2 N–H and O–H groups in total. The Labute approximate surface area is 136 Å². The molecule has 0 spiro atoms. The topological polar surface area (TPSA) is 53.1 Å². The van der Waals surface area contributed by atoms with Crippen molar-refractivity contribution < 1.29 is 0 Å². The van der Waals surface area contributed by atoms with E-state index in [1.165, 1.54) is 0 Å². The Balaban J connectivity index is 1.99. The van der Waals surface area contributed by atoms with Crippen LogP contribution < -0.4 is 10.6 Å². The van der Waals surface area contributed by atoms with Crippen LogP contribution in [0.2, 0.25) is 5.02 Å². The standard InChI is InChI=1S/C16H22ClN5/c1-12-10-15(19-11-13-6-4-5-7-14(13)17)21-16(20-12)18-8-9-22(2)3/h4-7,10H,8-9,11H2,1-3H3,(H2,18,19,20,21). The van der Waals surface area contributed by atoms with Crippen LogP contribution in [0.3, 0.4) is 0 Å². The number of nitrogens with zero attached hydrogens (tertiary/aromatic N) is 3. The van der Waals surface area contributed by atoms with E-state index in [2.05, 4.69) is 25.5 Å². The van der Waals surface area contributed by atoms with E-state index < -0.39 is 0 Å². The molecule has 5 nitrogen and oxygen atoms in total. The molecule has 0 fully saturated rings. The molecule has 22 heavy (non-hydrogen) atoms. The second kappa shape index (κ2) is 7.96. The summed E-state index contributed by atoms with van der Waals surface area (Å²) in [6, 6.07) is 9.71. The van der Waals surface area contributed by atoms with Crippen LogP contribution in [0.25, 0.3) is 0 Å². The molecule has 0 unspecified atom stereocenters. The number of aromatic nitrogens is 2. The summed E-state index contributed by atoms with van der Waals surface area (Å²) < 4.78 is 0. The van der Waals surface area contributed by atoms with E-state index in [1.54, 1.807) is 0 Å². The van der Waals surface area contributed by atoms with E-state index in [0.717, 1.165) is 35.2 Å². The minimum absolute atomic E-state index is 0.632. The fraction of sp³-hybridized carbons (Fsp3) is 0.375. The van der Waals surface area contributed by atoms with Gasteiger partial charge in [-0.15, -0.1) is 0 Å². The molecular formula is C16H22ClN5. The minimum Gasteiger partial charge on any atom is -0.366 e. The summed E-state index contributed by atoms with van der Waals surface area (Å²) in [6.45, 7) is 4.33. The summed E-state index contributed by atoms with van der Waals surface area (Å²) in [5.41, 5.74) is 1.96. The van der Waals surface area contributed by atoms with Crippen molar-refractivity contribution in [2.24, 2.45) is 0 Å². The lowest BCUT2D eigenvalue weighted by molar-refractivity contribution is 0.425. The van der Waals surface area contributed by atoms with Crippen molar-refractivity contribution in [1.82, 2.24) is 14.9 Å². The molecule has 1 aromatic carbocycles. The van der Waals surface area contributed by atoms with Crippen molar-refractivity contribution in [3.8, 4) is 0 Å². The number of hydrogen-bond acceptors (Lipinski definition) is 5. The van der Waals surface area contributed by atoms with Gasteiger partial charge in [0.05, 0.1) is 0 Å². The molecular weight excluding hydrogens is 298 g/mol. The maximum atomic E-state index is 6.16. The fourth-order valence-corrected chi connectivity index (χ4v) is 2.16. The molecule has 6 heteroatoms. The van der Waals surface area contributed by atoms with Crippen LogP contribution in [0.5, 0.6) is 0 Å². The Morgan fingerprint density at radius 3 is 2.64 bits per heavy atom. The molecule has 2 rings (SSSR count). The zero-order valence-corrected chi connectivity index (χ0v) is 14.0. The van der Waals surface area contributed by atoms with Crippen molar-refractivity contribution in [2.45, 2.75) is 13.5 Å². The number of rotatable bonds is 7. The lowest BCUT2D eigenvalue weighted by Gasteiger charge is -2.12. The molecule has 1 heterocycles. The quantitative estimate of drug-likeness (QED) is 0.821. The second-order valence-electron chi connectivity index (χ2n) is 5.39. The Bertz CT molecular complexity index is 615. The van der Waals surface area contributed by atoms with Crippen LogP contribution in [0.4, 0.5) is 11.8 Å². The van der Waals surface area contributed by atoms with Crippen LogP contribution in [0, 0.1) is 6.92 Å². The molecule has 0 aliphatic carbocycles. The maximum absolute atomic E-state index is 6.16. The van der Waals surface area contributed by atoms with E-state index >= 15 is 0 Å². The minimum atomic E-state index is 0.632. The number of hydrogen-bond donors (Lipinski definition) is 2. The van der Waals surface area contributed by atoms with E-state index in [0.29, 0.717) is 12.5 Å². The monoisotopic (exact) mass is 319 g/mol. The zero-order valence-electron chi connectivity index (χ0n) is 13.2. The third kappa shape index (κ3) is 5.16. The van der Waals surface area contributed by atoms with Crippen molar-refractivity contribution in [3.63, 3.8) is 0 Å². The number of likely N-dealkylation sites (N-methyl/N-ethyl adjacent to an activating group) is 1. The highest BCUT2D eigenvalue weighted by atomic mass is 35.5. The lowest BCUT2D eigenvalue weighted by atomic mass is 10.2. The van der Waals surface area contributed by atoms with Gasteiger partial charge in [-0.3, -0.25) is 0 Å². The predicted octanol–water partition coefficient (Wildman–Crippen LogP) is 3.02. The molecule has 0 aliphatic heterocycles. The summed E-state index contributed by atoms with van der Waals surface area (Å²) in [4.78, 5) is 11.0. The van der Waals surface area contributed by atoms with E-state index in [9.17, 15) is 0 Å². The third-order valence-corrected chi connectivity index (χ3v) is 3.48. The predicted molar refractivity (Wildman–Crippen MR) is 92.6 cm³/mol. The van der Waals surface area contributed by atoms with Gasteiger partial charge in [-0.05, 0) is 32.6 Å². The highest BCUT2D eigenvalue weighted by Crippen LogP contribution is 2.17.